The molecule has 0 radical (unpaired) electrons. The Morgan fingerprint density at radius 2 is 2.11 bits per heavy atom. The van der Waals surface area contributed by atoms with E-state index in [2.05, 4.69) is 9.80 Å². The van der Waals surface area contributed by atoms with Crippen LogP contribution >= 0.6 is 0 Å². The van der Waals surface area contributed by atoms with E-state index in [1.807, 2.05) is 6.92 Å². The Morgan fingerprint density at radius 1 is 1.32 bits per heavy atom. The Balaban J connectivity index is 1.66. The van der Waals surface area contributed by atoms with Gasteiger partial charge in [0.15, 0.2) is 0 Å². The second-order valence-corrected chi connectivity index (χ2v) is 5.49. The van der Waals surface area contributed by atoms with E-state index in [0.717, 1.165) is 51.9 Å². The molecule has 2 fully saturated rings. The molecule has 2 N–H and O–H groups in total. The number of hydrogen-bond acceptors (Lipinski definition) is 5. The molecule has 2 atom stereocenters. The molecule has 0 aromatic carbocycles. The van der Waals surface area contributed by atoms with Crippen molar-refractivity contribution >= 4 is 0 Å². The van der Waals surface area contributed by atoms with Crippen LogP contribution in [0.2, 0.25) is 0 Å². The van der Waals surface area contributed by atoms with Crippen LogP contribution in [0.25, 0.3) is 0 Å². The van der Waals surface area contributed by atoms with Gasteiger partial charge in [-0.1, -0.05) is 0 Å². The lowest BCUT2D eigenvalue weighted by atomic mass is 10.2. The van der Waals surface area contributed by atoms with E-state index in [1.165, 1.54) is 19.5 Å². The fourth-order valence-electron chi connectivity index (χ4n) is 3.09. The summed E-state index contributed by atoms with van der Waals surface area (Å²) in [6.45, 7) is 11.0. The highest BCUT2D eigenvalue weighted by atomic mass is 16.5. The Kier molecular flexibility index (Phi) is 6.53. The van der Waals surface area contributed by atoms with Crippen molar-refractivity contribution in [1.29, 1.82) is 0 Å². The highest BCUT2D eigenvalue weighted by molar-refractivity contribution is 4.84. The molecule has 2 aliphatic heterocycles. The lowest BCUT2D eigenvalue weighted by Crippen LogP contribution is -2.44. The highest BCUT2D eigenvalue weighted by Crippen LogP contribution is 2.17. The molecule has 5 nitrogen and oxygen atoms in total. The minimum absolute atomic E-state index is 0.229. The van der Waals surface area contributed by atoms with Crippen molar-refractivity contribution < 1.29 is 9.47 Å². The SMILES string of the molecule is CCOC(CN)CCN1CCC(N2CCOCC2)C1. The number of morpholine rings is 1. The molecule has 0 saturated carbocycles. The Labute approximate surface area is 117 Å². The zero-order valence-corrected chi connectivity index (χ0v) is 12.2. The molecule has 5 heteroatoms. The van der Waals surface area contributed by atoms with E-state index in [9.17, 15) is 0 Å². The summed E-state index contributed by atoms with van der Waals surface area (Å²) in [5.74, 6) is 0. The summed E-state index contributed by atoms with van der Waals surface area (Å²) in [7, 11) is 0. The normalized spacial score (nSPS) is 27.8. The largest absolute Gasteiger partial charge is 0.379 e. The Hall–Kier alpha value is -0.200. The van der Waals surface area contributed by atoms with Gasteiger partial charge in [-0.3, -0.25) is 4.90 Å². The first-order valence-electron chi connectivity index (χ1n) is 7.69. The van der Waals surface area contributed by atoms with Crippen molar-refractivity contribution in [3.05, 3.63) is 0 Å². The number of ether oxygens (including phenoxy) is 2. The molecule has 19 heavy (non-hydrogen) atoms. The van der Waals surface area contributed by atoms with Gasteiger partial charge in [0.1, 0.15) is 0 Å². The minimum Gasteiger partial charge on any atom is -0.379 e. The number of likely N-dealkylation sites (tertiary alicyclic amines) is 1. The van der Waals surface area contributed by atoms with Gasteiger partial charge in [0.05, 0.1) is 19.3 Å². The molecule has 2 unspecified atom stereocenters. The quantitative estimate of drug-likeness (QED) is 0.714. The van der Waals surface area contributed by atoms with Gasteiger partial charge < -0.3 is 20.1 Å². The zero-order valence-electron chi connectivity index (χ0n) is 12.2. The zero-order chi connectivity index (χ0) is 13.5. The molecule has 2 heterocycles. The molecule has 2 saturated heterocycles. The van der Waals surface area contributed by atoms with E-state index in [1.54, 1.807) is 0 Å². The maximum absolute atomic E-state index is 5.72. The van der Waals surface area contributed by atoms with Crippen LogP contribution in [-0.2, 0) is 9.47 Å². The van der Waals surface area contributed by atoms with Crippen LogP contribution in [0.4, 0.5) is 0 Å². The molecular formula is C14H29N3O2. The summed E-state index contributed by atoms with van der Waals surface area (Å²) in [5.41, 5.74) is 5.72. The third kappa shape index (κ3) is 4.68. The fourth-order valence-corrected chi connectivity index (χ4v) is 3.09. The number of nitrogens with two attached hydrogens (primary N) is 1. The first-order valence-corrected chi connectivity index (χ1v) is 7.69. The molecule has 0 aromatic rings. The molecule has 0 aromatic heterocycles. The van der Waals surface area contributed by atoms with Gasteiger partial charge in [0.2, 0.25) is 0 Å². The van der Waals surface area contributed by atoms with Crippen molar-refractivity contribution in [1.82, 2.24) is 9.80 Å². The minimum atomic E-state index is 0.229. The average molecular weight is 271 g/mol. The van der Waals surface area contributed by atoms with Gasteiger partial charge in [-0.15, -0.1) is 0 Å². The van der Waals surface area contributed by atoms with Crippen molar-refractivity contribution in [3.63, 3.8) is 0 Å². The monoisotopic (exact) mass is 271 g/mol. The van der Waals surface area contributed by atoms with E-state index < -0.39 is 0 Å². The average Bonchev–Trinajstić information content (AvgIpc) is 2.93. The molecule has 0 spiro atoms. The van der Waals surface area contributed by atoms with Crippen LogP contribution in [0.5, 0.6) is 0 Å². The maximum Gasteiger partial charge on any atom is 0.0709 e. The summed E-state index contributed by atoms with van der Waals surface area (Å²) in [6.07, 6.45) is 2.58. The predicted molar refractivity (Wildman–Crippen MR) is 76.3 cm³/mol. The first kappa shape index (κ1) is 15.2. The van der Waals surface area contributed by atoms with Crippen molar-refractivity contribution in [2.45, 2.75) is 31.9 Å². The van der Waals surface area contributed by atoms with Gasteiger partial charge in [-0.25, -0.2) is 0 Å². The molecule has 2 rings (SSSR count). The summed E-state index contributed by atoms with van der Waals surface area (Å²) in [6, 6.07) is 0.729. The van der Waals surface area contributed by atoms with E-state index in [0.29, 0.717) is 6.54 Å². The van der Waals surface area contributed by atoms with Gasteiger partial charge in [-0.2, -0.15) is 0 Å². The molecule has 2 aliphatic rings. The predicted octanol–water partition coefficient (Wildman–Crippen LogP) is 0.147. The third-order valence-corrected chi connectivity index (χ3v) is 4.24. The van der Waals surface area contributed by atoms with Gasteiger partial charge in [-0.05, 0) is 26.3 Å². The third-order valence-electron chi connectivity index (χ3n) is 4.24. The summed E-state index contributed by atoms with van der Waals surface area (Å²) in [4.78, 5) is 5.15. The molecule has 0 amide bonds. The number of hydrogen-bond donors (Lipinski definition) is 1. The molecule has 0 aliphatic carbocycles. The van der Waals surface area contributed by atoms with Gasteiger partial charge in [0, 0.05) is 45.4 Å². The Morgan fingerprint density at radius 3 is 2.79 bits per heavy atom. The van der Waals surface area contributed by atoms with Crippen molar-refractivity contribution in [2.24, 2.45) is 5.73 Å². The first-order chi connectivity index (χ1) is 9.33. The molecule has 112 valence electrons. The van der Waals surface area contributed by atoms with Crippen LogP contribution in [0.3, 0.4) is 0 Å². The number of rotatable bonds is 7. The smallest absolute Gasteiger partial charge is 0.0709 e. The number of nitrogens with zero attached hydrogens (tertiary/aromatic N) is 2. The van der Waals surface area contributed by atoms with Gasteiger partial charge >= 0.3 is 0 Å². The summed E-state index contributed by atoms with van der Waals surface area (Å²) < 4.78 is 11.0. The lowest BCUT2D eigenvalue weighted by Gasteiger charge is -2.32. The van der Waals surface area contributed by atoms with Crippen molar-refractivity contribution in [3.8, 4) is 0 Å². The lowest BCUT2D eigenvalue weighted by molar-refractivity contribution is 0.0177. The van der Waals surface area contributed by atoms with E-state index in [4.69, 9.17) is 15.2 Å². The maximum atomic E-state index is 5.72. The highest BCUT2D eigenvalue weighted by Gasteiger charge is 2.28. The van der Waals surface area contributed by atoms with E-state index >= 15 is 0 Å². The molecule has 0 bridgehead atoms. The topological polar surface area (TPSA) is 51.0 Å². The summed E-state index contributed by atoms with van der Waals surface area (Å²) in [5, 5.41) is 0. The second-order valence-electron chi connectivity index (χ2n) is 5.49. The van der Waals surface area contributed by atoms with Crippen molar-refractivity contribution in [2.75, 3.05) is 59.1 Å². The van der Waals surface area contributed by atoms with E-state index in [-0.39, 0.29) is 6.10 Å². The second kappa shape index (κ2) is 8.17. The van der Waals surface area contributed by atoms with Crippen LogP contribution in [0.15, 0.2) is 0 Å². The Bertz CT molecular complexity index is 247. The fraction of sp³-hybridized carbons (Fsp3) is 1.00. The summed E-state index contributed by atoms with van der Waals surface area (Å²) >= 11 is 0. The van der Waals surface area contributed by atoms with Crippen LogP contribution < -0.4 is 5.73 Å². The van der Waals surface area contributed by atoms with Crippen LogP contribution in [0, 0.1) is 0 Å². The standard InChI is InChI=1S/C14H29N3O2/c1-2-19-14(11-15)4-6-16-5-3-13(12-16)17-7-9-18-10-8-17/h13-14H,2-12,15H2,1H3. The van der Waals surface area contributed by atoms with Crippen LogP contribution in [-0.4, -0.2) is 81.0 Å². The molecular weight excluding hydrogens is 242 g/mol. The van der Waals surface area contributed by atoms with Crippen LogP contribution in [0.1, 0.15) is 19.8 Å². The van der Waals surface area contributed by atoms with Gasteiger partial charge in [0.25, 0.3) is 0 Å².